The third kappa shape index (κ3) is 2.84. The first-order valence-corrected chi connectivity index (χ1v) is 7.39. The van der Waals surface area contributed by atoms with E-state index in [2.05, 4.69) is 20.4 Å². The van der Waals surface area contributed by atoms with Gasteiger partial charge in [-0.3, -0.25) is 0 Å². The van der Waals surface area contributed by atoms with Crippen LogP contribution >= 0.6 is 0 Å². The van der Waals surface area contributed by atoms with E-state index in [1.54, 1.807) is 13.2 Å². The molecule has 1 saturated carbocycles. The number of methoxy groups -OCH3 is 1. The molecule has 1 unspecified atom stereocenters. The van der Waals surface area contributed by atoms with E-state index in [0.29, 0.717) is 11.7 Å². The SMILES string of the molecule is C=C1CCCC(C)(C)C1Cc1cc(OC)c(C)cc1O. The van der Waals surface area contributed by atoms with E-state index in [0.717, 1.165) is 29.7 Å². The first-order valence-electron chi connectivity index (χ1n) is 7.39. The molecule has 0 aliphatic heterocycles. The number of benzene rings is 1. The molecular weight excluding hydrogens is 248 g/mol. The van der Waals surface area contributed by atoms with Crippen LogP contribution in [0.15, 0.2) is 24.3 Å². The third-order valence-corrected chi connectivity index (χ3v) is 4.78. The number of rotatable bonds is 3. The van der Waals surface area contributed by atoms with Crippen LogP contribution in [-0.4, -0.2) is 12.2 Å². The smallest absolute Gasteiger partial charge is 0.122 e. The highest BCUT2D eigenvalue weighted by atomic mass is 16.5. The Morgan fingerprint density at radius 1 is 1.40 bits per heavy atom. The summed E-state index contributed by atoms with van der Waals surface area (Å²) in [4.78, 5) is 0. The standard InChI is InChI=1S/C18H26O2/c1-12-7-6-8-18(3,4)15(12)10-14-11-17(20-5)13(2)9-16(14)19/h9,11,15,19H,1,6-8,10H2,2-5H3. The minimum absolute atomic E-state index is 0.250. The Morgan fingerprint density at radius 2 is 2.10 bits per heavy atom. The average molecular weight is 274 g/mol. The third-order valence-electron chi connectivity index (χ3n) is 4.78. The lowest BCUT2D eigenvalue weighted by atomic mass is 9.65. The molecule has 0 saturated heterocycles. The molecule has 20 heavy (non-hydrogen) atoms. The second-order valence-corrected chi connectivity index (χ2v) is 6.71. The van der Waals surface area contributed by atoms with E-state index in [9.17, 15) is 5.11 Å². The molecule has 1 aliphatic rings. The van der Waals surface area contributed by atoms with Gasteiger partial charge < -0.3 is 9.84 Å². The van der Waals surface area contributed by atoms with Crippen LogP contribution in [-0.2, 0) is 6.42 Å². The number of hydrogen-bond acceptors (Lipinski definition) is 2. The predicted octanol–water partition coefficient (Wildman–Crippen LogP) is 4.63. The number of allylic oxidation sites excluding steroid dienone is 1. The van der Waals surface area contributed by atoms with E-state index in [1.807, 2.05) is 13.0 Å². The van der Waals surface area contributed by atoms with Crippen molar-refractivity contribution < 1.29 is 9.84 Å². The monoisotopic (exact) mass is 274 g/mol. The summed E-state index contributed by atoms with van der Waals surface area (Å²) in [6, 6.07) is 3.77. The number of phenolic OH excluding ortho intramolecular Hbond substituents is 1. The quantitative estimate of drug-likeness (QED) is 0.814. The van der Waals surface area contributed by atoms with Crippen molar-refractivity contribution in [3.05, 3.63) is 35.4 Å². The second-order valence-electron chi connectivity index (χ2n) is 6.71. The molecule has 1 atom stereocenters. The Balaban J connectivity index is 2.31. The molecule has 0 radical (unpaired) electrons. The largest absolute Gasteiger partial charge is 0.508 e. The minimum atomic E-state index is 0.250. The molecule has 0 bridgehead atoms. The molecule has 0 spiro atoms. The van der Waals surface area contributed by atoms with E-state index in [1.165, 1.54) is 18.4 Å². The van der Waals surface area contributed by atoms with Gasteiger partial charge in [0.1, 0.15) is 11.5 Å². The molecule has 1 aliphatic carbocycles. The first-order chi connectivity index (χ1) is 9.35. The number of ether oxygens (including phenoxy) is 1. The molecule has 0 amide bonds. The summed E-state index contributed by atoms with van der Waals surface area (Å²) in [5.74, 6) is 1.64. The molecule has 1 fully saturated rings. The van der Waals surface area contributed by atoms with Gasteiger partial charge in [0.15, 0.2) is 0 Å². The van der Waals surface area contributed by atoms with Gasteiger partial charge in [-0.15, -0.1) is 0 Å². The van der Waals surface area contributed by atoms with Gasteiger partial charge in [0.05, 0.1) is 7.11 Å². The number of phenols is 1. The molecule has 2 rings (SSSR count). The van der Waals surface area contributed by atoms with Gasteiger partial charge in [0.25, 0.3) is 0 Å². The number of hydrogen-bond donors (Lipinski definition) is 1. The van der Waals surface area contributed by atoms with Crippen LogP contribution in [0.3, 0.4) is 0 Å². The Morgan fingerprint density at radius 3 is 2.70 bits per heavy atom. The minimum Gasteiger partial charge on any atom is -0.508 e. The zero-order valence-corrected chi connectivity index (χ0v) is 13.1. The van der Waals surface area contributed by atoms with Crippen molar-refractivity contribution >= 4 is 0 Å². The van der Waals surface area contributed by atoms with E-state index >= 15 is 0 Å². The number of aryl methyl sites for hydroxylation is 1. The average Bonchev–Trinajstić information content (AvgIpc) is 2.35. The molecule has 110 valence electrons. The number of aromatic hydroxyl groups is 1. The van der Waals surface area contributed by atoms with Gasteiger partial charge in [-0.25, -0.2) is 0 Å². The highest BCUT2D eigenvalue weighted by molar-refractivity contribution is 5.45. The Kier molecular flexibility index (Phi) is 4.12. The fraction of sp³-hybridized carbons (Fsp3) is 0.556. The van der Waals surface area contributed by atoms with E-state index in [4.69, 9.17) is 4.74 Å². The summed E-state index contributed by atoms with van der Waals surface area (Å²) in [5, 5.41) is 10.2. The van der Waals surface area contributed by atoms with Gasteiger partial charge in [0.2, 0.25) is 0 Å². The lowest BCUT2D eigenvalue weighted by Gasteiger charge is -2.40. The fourth-order valence-corrected chi connectivity index (χ4v) is 3.41. The topological polar surface area (TPSA) is 29.5 Å². The van der Waals surface area contributed by atoms with Gasteiger partial charge in [-0.1, -0.05) is 26.0 Å². The van der Waals surface area contributed by atoms with E-state index in [-0.39, 0.29) is 5.41 Å². The lowest BCUT2D eigenvalue weighted by Crippen LogP contribution is -2.31. The zero-order chi connectivity index (χ0) is 14.9. The van der Waals surface area contributed by atoms with Crippen LogP contribution in [0.1, 0.15) is 44.2 Å². The maximum Gasteiger partial charge on any atom is 0.122 e. The second kappa shape index (κ2) is 5.51. The van der Waals surface area contributed by atoms with Crippen molar-refractivity contribution in [1.82, 2.24) is 0 Å². The summed E-state index contributed by atoms with van der Waals surface area (Å²) in [6.45, 7) is 10.8. The van der Waals surface area contributed by atoms with Crippen LogP contribution in [0.25, 0.3) is 0 Å². The van der Waals surface area contributed by atoms with Crippen molar-refractivity contribution in [3.63, 3.8) is 0 Å². The van der Waals surface area contributed by atoms with Crippen LogP contribution in [0, 0.1) is 18.3 Å². The maximum atomic E-state index is 10.2. The first kappa shape index (κ1) is 15.0. The van der Waals surface area contributed by atoms with Crippen LogP contribution in [0.2, 0.25) is 0 Å². The summed E-state index contributed by atoms with van der Waals surface area (Å²) in [7, 11) is 1.67. The molecule has 1 aromatic rings. The Bertz CT molecular complexity index is 514. The van der Waals surface area contributed by atoms with Crippen LogP contribution < -0.4 is 4.74 Å². The van der Waals surface area contributed by atoms with E-state index < -0.39 is 0 Å². The Labute approximate surface area is 122 Å². The highest BCUT2D eigenvalue weighted by Gasteiger charge is 2.35. The van der Waals surface area contributed by atoms with Gasteiger partial charge >= 0.3 is 0 Å². The summed E-state index contributed by atoms with van der Waals surface area (Å²) in [5.41, 5.74) is 3.50. The molecule has 2 heteroatoms. The van der Waals surface area contributed by atoms with Crippen molar-refractivity contribution in [2.75, 3.05) is 7.11 Å². The summed E-state index contributed by atoms with van der Waals surface area (Å²) < 4.78 is 5.38. The van der Waals surface area contributed by atoms with Gasteiger partial charge in [-0.05, 0) is 67.2 Å². The van der Waals surface area contributed by atoms with Gasteiger partial charge in [-0.2, -0.15) is 0 Å². The fourth-order valence-electron chi connectivity index (χ4n) is 3.41. The zero-order valence-electron chi connectivity index (χ0n) is 13.1. The molecule has 1 aromatic carbocycles. The van der Waals surface area contributed by atoms with Crippen molar-refractivity contribution in [2.24, 2.45) is 11.3 Å². The summed E-state index contributed by atoms with van der Waals surface area (Å²) in [6.07, 6.45) is 4.40. The molecule has 2 nitrogen and oxygen atoms in total. The molecular formula is C18H26O2. The van der Waals surface area contributed by atoms with Crippen molar-refractivity contribution in [1.29, 1.82) is 0 Å². The van der Waals surface area contributed by atoms with Crippen LogP contribution in [0.4, 0.5) is 0 Å². The molecule has 0 heterocycles. The molecule has 0 aromatic heterocycles. The normalized spacial score (nSPS) is 21.8. The van der Waals surface area contributed by atoms with Crippen molar-refractivity contribution in [2.45, 2.75) is 46.5 Å². The Hall–Kier alpha value is -1.44. The molecule has 1 N–H and O–H groups in total. The lowest BCUT2D eigenvalue weighted by molar-refractivity contribution is 0.188. The van der Waals surface area contributed by atoms with Crippen molar-refractivity contribution in [3.8, 4) is 11.5 Å². The van der Waals surface area contributed by atoms with Gasteiger partial charge in [0, 0.05) is 0 Å². The predicted molar refractivity (Wildman–Crippen MR) is 83.4 cm³/mol. The summed E-state index contributed by atoms with van der Waals surface area (Å²) >= 11 is 0. The highest BCUT2D eigenvalue weighted by Crippen LogP contribution is 2.45. The van der Waals surface area contributed by atoms with Crippen LogP contribution in [0.5, 0.6) is 11.5 Å². The maximum absolute atomic E-state index is 10.2.